The summed E-state index contributed by atoms with van der Waals surface area (Å²) in [6.45, 7) is 6.36. The van der Waals surface area contributed by atoms with E-state index in [0.717, 1.165) is 31.6 Å². The van der Waals surface area contributed by atoms with Gasteiger partial charge in [-0.1, -0.05) is 159 Å². The molecular formula is C41H72O7. The van der Waals surface area contributed by atoms with Crippen LogP contribution in [-0.4, -0.2) is 58.8 Å². The number of ether oxygens (including phenoxy) is 2. The SMILES string of the molecule is CCCCC/C=C\C[C@@H](O)/C=C/C=C/C=C\[C@@H](O)CCCC(=O)OC[C@H](O)COC(=O)CCCCCCCCCCCCCCC(C)C. The van der Waals surface area contributed by atoms with E-state index < -0.39 is 24.3 Å². The van der Waals surface area contributed by atoms with Gasteiger partial charge in [0.1, 0.15) is 19.3 Å². The van der Waals surface area contributed by atoms with Crippen LogP contribution >= 0.6 is 0 Å². The molecule has 0 aliphatic rings. The number of unbranched alkanes of at least 4 members (excludes halogenated alkanes) is 14. The van der Waals surface area contributed by atoms with E-state index >= 15 is 0 Å². The summed E-state index contributed by atoms with van der Waals surface area (Å²) in [5.74, 6) is 0.0300. The maximum absolute atomic E-state index is 12.0. The molecule has 0 heterocycles. The summed E-state index contributed by atoms with van der Waals surface area (Å²) in [5.41, 5.74) is 0. The van der Waals surface area contributed by atoms with Gasteiger partial charge in [-0.2, -0.15) is 0 Å². The number of aliphatic hydroxyl groups is 3. The highest BCUT2D eigenvalue weighted by atomic mass is 16.6. The van der Waals surface area contributed by atoms with E-state index in [-0.39, 0.29) is 25.6 Å². The molecule has 0 saturated carbocycles. The Hall–Kier alpha value is -2.22. The summed E-state index contributed by atoms with van der Waals surface area (Å²) in [6.07, 6.45) is 35.1. The molecule has 0 bridgehead atoms. The van der Waals surface area contributed by atoms with Crippen molar-refractivity contribution < 1.29 is 34.4 Å². The second-order valence-electron chi connectivity index (χ2n) is 13.6. The summed E-state index contributed by atoms with van der Waals surface area (Å²) >= 11 is 0. The van der Waals surface area contributed by atoms with Crippen LogP contribution in [0.15, 0.2) is 48.6 Å². The van der Waals surface area contributed by atoms with E-state index in [1.807, 2.05) is 6.08 Å². The Morgan fingerprint density at radius 2 is 1.06 bits per heavy atom. The fraction of sp³-hybridized carbons (Fsp3) is 0.756. The van der Waals surface area contributed by atoms with Gasteiger partial charge in [-0.05, 0) is 44.4 Å². The van der Waals surface area contributed by atoms with Crippen molar-refractivity contribution in [2.45, 2.75) is 180 Å². The first-order valence-corrected chi connectivity index (χ1v) is 19.3. The van der Waals surface area contributed by atoms with Gasteiger partial charge in [0.05, 0.1) is 12.2 Å². The first-order valence-electron chi connectivity index (χ1n) is 19.3. The number of carbonyl (C=O) groups excluding carboxylic acids is 2. The van der Waals surface area contributed by atoms with E-state index in [9.17, 15) is 24.9 Å². The molecule has 3 N–H and O–H groups in total. The molecule has 0 unspecified atom stereocenters. The molecule has 7 heteroatoms. The molecule has 0 spiro atoms. The number of hydrogen-bond acceptors (Lipinski definition) is 7. The van der Waals surface area contributed by atoms with Gasteiger partial charge in [-0.25, -0.2) is 0 Å². The zero-order valence-corrected chi connectivity index (χ0v) is 30.9. The smallest absolute Gasteiger partial charge is 0.305 e. The Bertz CT molecular complexity index is 861. The minimum atomic E-state index is -1.06. The largest absolute Gasteiger partial charge is 0.463 e. The number of esters is 2. The van der Waals surface area contributed by atoms with Gasteiger partial charge in [0, 0.05) is 12.8 Å². The molecule has 48 heavy (non-hydrogen) atoms. The van der Waals surface area contributed by atoms with Crippen molar-refractivity contribution in [2.24, 2.45) is 5.92 Å². The molecule has 7 nitrogen and oxygen atoms in total. The Morgan fingerprint density at radius 1 is 0.562 bits per heavy atom. The molecule has 0 aliphatic carbocycles. The molecule has 0 aromatic heterocycles. The molecule has 0 aromatic carbocycles. The van der Waals surface area contributed by atoms with Crippen molar-refractivity contribution in [2.75, 3.05) is 13.2 Å². The summed E-state index contributed by atoms with van der Waals surface area (Å²) in [5, 5.41) is 30.0. The van der Waals surface area contributed by atoms with Crippen molar-refractivity contribution >= 4 is 11.9 Å². The highest BCUT2D eigenvalue weighted by molar-refractivity contribution is 5.69. The maximum atomic E-state index is 12.0. The number of rotatable bonds is 33. The van der Waals surface area contributed by atoms with Gasteiger partial charge in [0.2, 0.25) is 0 Å². The monoisotopic (exact) mass is 677 g/mol. The highest BCUT2D eigenvalue weighted by Crippen LogP contribution is 2.14. The summed E-state index contributed by atoms with van der Waals surface area (Å²) in [4.78, 5) is 23.9. The van der Waals surface area contributed by atoms with Crippen LogP contribution in [0.1, 0.15) is 162 Å². The molecule has 0 radical (unpaired) electrons. The normalized spacial score (nSPS) is 14.1. The lowest BCUT2D eigenvalue weighted by Crippen LogP contribution is -2.25. The van der Waals surface area contributed by atoms with E-state index in [4.69, 9.17) is 9.47 Å². The van der Waals surface area contributed by atoms with Gasteiger partial charge >= 0.3 is 11.9 Å². The highest BCUT2D eigenvalue weighted by Gasteiger charge is 2.12. The molecule has 0 fully saturated rings. The fourth-order valence-electron chi connectivity index (χ4n) is 5.17. The van der Waals surface area contributed by atoms with Crippen LogP contribution in [0.2, 0.25) is 0 Å². The first kappa shape index (κ1) is 45.8. The zero-order chi connectivity index (χ0) is 35.5. The van der Waals surface area contributed by atoms with Crippen molar-refractivity contribution in [3.63, 3.8) is 0 Å². The molecule has 0 rings (SSSR count). The van der Waals surface area contributed by atoms with Gasteiger partial charge in [0.15, 0.2) is 0 Å². The number of hydrogen-bond donors (Lipinski definition) is 3. The van der Waals surface area contributed by atoms with Crippen molar-refractivity contribution in [3.8, 4) is 0 Å². The van der Waals surface area contributed by atoms with Crippen molar-refractivity contribution in [1.82, 2.24) is 0 Å². The van der Waals surface area contributed by atoms with Gasteiger partial charge in [-0.15, -0.1) is 0 Å². The molecule has 0 aromatic rings. The maximum Gasteiger partial charge on any atom is 0.305 e. The van der Waals surface area contributed by atoms with Gasteiger partial charge in [0.25, 0.3) is 0 Å². The second-order valence-corrected chi connectivity index (χ2v) is 13.6. The Balaban J connectivity index is 3.71. The Kier molecular flexibility index (Phi) is 33.0. The number of aliphatic hydroxyl groups excluding tert-OH is 3. The second kappa shape index (κ2) is 34.6. The molecule has 0 aliphatic heterocycles. The Morgan fingerprint density at radius 3 is 1.60 bits per heavy atom. The van der Waals surface area contributed by atoms with Gasteiger partial charge < -0.3 is 24.8 Å². The van der Waals surface area contributed by atoms with Crippen LogP contribution in [0.5, 0.6) is 0 Å². The van der Waals surface area contributed by atoms with Crippen LogP contribution in [0, 0.1) is 5.92 Å². The van der Waals surface area contributed by atoms with Gasteiger partial charge in [-0.3, -0.25) is 9.59 Å². The van der Waals surface area contributed by atoms with Crippen LogP contribution in [0.3, 0.4) is 0 Å². The molecule has 3 atom stereocenters. The average molecular weight is 677 g/mol. The topological polar surface area (TPSA) is 113 Å². The molecular weight excluding hydrogens is 604 g/mol. The molecule has 0 saturated heterocycles. The van der Waals surface area contributed by atoms with E-state index in [1.54, 1.807) is 36.5 Å². The van der Waals surface area contributed by atoms with Crippen LogP contribution in [-0.2, 0) is 19.1 Å². The fourth-order valence-corrected chi connectivity index (χ4v) is 5.17. The summed E-state index contributed by atoms with van der Waals surface area (Å²) in [7, 11) is 0. The Labute approximate surface area is 294 Å². The standard InChI is InChI=1S/C41H72O7/c1-4-5-6-7-17-22-28-37(42)29-23-19-20-24-30-38(43)31-26-33-41(46)48-35-39(44)34-47-40(45)32-25-18-15-13-11-9-8-10-12-14-16-21-27-36(2)3/h17,19-20,22-24,29-30,36-39,42-44H,4-16,18,21,25-28,31-35H2,1-3H3/b20-19+,22-17-,29-23+,30-24-/t37-,38-,39-/m1/s1. The van der Waals surface area contributed by atoms with E-state index in [0.29, 0.717) is 25.7 Å². The zero-order valence-electron chi connectivity index (χ0n) is 30.9. The third-order valence-corrected chi connectivity index (χ3v) is 8.19. The average Bonchev–Trinajstić information content (AvgIpc) is 3.05. The van der Waals surface area contributed by atoms with Crippen LogP contribution in [0.4, 0.5) is 0 Å². The summed E-state index contributed by atoms with van der Waals surface area (Å²) in [6, 6.07) is 0. The number of carbonyl (C=O) groups is 2. The van der Waals surface area contributed by atoms with Crippen LogP contribution < -0.4 is 0 Å². The first-order chi connectivity index (χ1) is 23.2. The van der Waals surface area contributed by atoms with Crippen molar-refractivity contribution in [3.05, 3.63) is 48.6 Å². The predicted octanol–water partition coefficient (Wildman–Crippen LogP) is 9.64. The lowest BCUT2D eigenvalue weighted by Gasteiger charge is -2.12. The minimum absolute atomic E-state index is 0.124. The van der Waals surface area contributed by atoms with E-state index in [1.165, 1.54) is 83.5 Å². The lowest BCUT2D eigenvalue weighted by atomic mass is 10.0. The van der Waals surface area contributed by atoms with E-state index in [2.05, 4.69) is 26.8 Å². The van der Waals surface area contributed by atoms with Crippen LogP contribution in [0.25, 0.3) is 0 Å². The van der Waals surface area contributed by atoms with Crippen molar-refractivity contribution in [1.29, 1.82) is 0 Å². The minimum Gasteiger partial charge on any atom is -0.463 e. The third kappa shape index (κ3) is 35.1. The lowest BCUT2D eigenvalue weighted by molar-refractivity contribution is -0.152. The summed E-state index contributed by atoms with van der Waals surface area (Å²) < 4.78 is 10.2. The third-order valence-electron chi connectivity index (χ3n) is 8.19. The number of allylic oxidation sites excluding steroid dienone is 5. The quantitative estimate of drug-likeness (QED) is 0.0275. The molecule has 278 valence electrons. The molecule has 0 amide bonds. The predicted molar refractivity (Wildman–Crippen MR) is 199 cm³/mol.